The highest BCUT2D eigenvalue weighted by Gasteiger charge is 2.23. The van der Waals surface area contributed by atoms with Gasteiger partial charge in [0.2, 0.25) is 0 Å². The number of amides is 1. The Hall–Kier alpha value is -1.58. The summed E-state index contributed by atoms with van der Waals surface area (Å²) >= 11 is 0. The zero-order valence-electron chi connectivity index (χ0n) is 9.93. The molecule has 0 aromatic carbocycles. The Morgan fingerprint density at radius 3 is 2.62 bits per heavy atom. The average Bonchev–Trinajstić information content (AvgIpc) is 2.65. The molecule has 1 aromatic rings. The summed E-state index contributed by atoms with van der Waals surface area (Å²) in [6, 6.07) is 3.71. The Morgan fingerprint density at radius 2 is 2.19 bits per heavy atom. The van der Waals surface area contributed by atoms with Crippen molar-refractivity contribution in [3.05, 3.63) is 30.1 Å². The first-order valence-electron chi connectivity index (χ1n) is 5.44. The van der Waals surface area contributed by atoms with Gasteiger partial charge in [-0.15, -0.1) is 0 Å². The Kier molecular flexibility index (Phi) is 4.76. The Morgan fingerprint density at radius 1 is 1.50 bits per heavy atom. The second-order valence-electron chi connectivity index (χ2n) is 4.29. The molecule has 2 rings (SSSR count). The molecule has 1 saturated heterocycles. The summed E-state index contributed by atoms with van der Waals surface area (Å²) in [5.41, 5.74) is 0.927. The van der Waals surface area contributed by atoms with Gasteiger partial charge in [-0.2, -0.15) is 0 Å². The molecule has 0 bridgehead atoms. The van der Waals surface area contributed by atoms with Crippen LogP contribution in [0.4, 0.5) is 4.79 Å². The third kappa shape index (κ3) is 4.29. The molecule has 1 aliphatic rings. The Bertz CT molecular complexity index is 322. The number of ether oxygens (including phenoxy) is 1. The van der Waals surface area contributed by atoms with Crippen LogP contribution in [0.15, 0.2) is 24.5 Å². The van der Waals surface area contributed by atoms with Gasteiger partial charge in [0.1, 0.15) is 6.10 Å². The number of cyclic esters (lactones) is 1. The molecule has 1 aromatic heterocycles. The van der Waals surface area contributed by atoms with E-state index in [1.807, 2.05) is 12.1 Å². The van der Waals surface area contributed by atoms with Crippen molar-refractivity contribution in [3.63, 3.8) is 0 Å². The van der Waals surface area contributed by atoms with Crippen LogP contribution in [0.25, 0.3) is 0 Å². The number of carbonyl (C=O) groups excluding carboxylic acids is 1. The first-order chi connectivity index (χ1) is 7.59. The van der Waals surface area contributed by atoms with E-state index in [9.17, 15) is 4.79 Å². The van der Waals surface area contributed by atoms with E-state index in [0.29, 0.717) is 6.54 Å². The minimum Gasteiger partial charge on any atom is -0.439 e. The number of pyridine rings is 1. The first-order valence-corrected chi connectivity index (χ1v) is 5.44. The number of nitrogens with one attached hydrogen (secondary N) is 1. The van der Waals surface area contributed by atoms with Gasteiger partial charge in [-0.1, -0.05) is 26.8 Å². The number of hydrogen-bond donors (Lipinski definition) is 1. The van der Waals surface area contributed by atoms with E-state index in [1.54, 1.807) is 12.4 Å². The van der Waals surface area contributed by atoms with E-state index in [0.717, 1.165) is 11.5 Å². The SMILES string of the molecule is CC(C)C.O=C1NCC(c2cccnc2)O1. The van der Waals surface area contributed by atoms with Crippen LogP contribution in [-0.4, -0.2) is 17.6 Å². The number of nitrogens with zero attached hydrogens (tertiary/aromatic N) is 1. The monoisotopic (exact) mass is 222 g/mol. The highest BCUT2D eigenvalue weighted by molar-refractivity contribution is 5.69. The molecule has 1 atom stereocenters. The van der Waals surface area contributed by atoms with Crippen molar-refractivity contribution < 1.29 is 9.53 Å². The standard InChI is InChI=1S/C8H8N2O2.C4H10/c11-8-10-5-7(12-8)6-2-1-3-9-4-6;1-4(2)3/h1-4,7H,5H2,(H,10,11);4H,1-3H3. The fourth-order valence-electron chi connectivity index (χ4n) is 1.14. The second kappa shape index (κ2) is 6.10. The third-order valence-electron chi connectivity index (χ3n) is 1.74. The van der Waals surface area contributed by atoms with Crippen LogP contribution in [0, 0.1) is 5.92 Å². The van der Waals surface area contributed by atoms with Crippen molar-refractivity contribution in [3.8, 4) is 0 Å². The van der Waals surface area contributed by atoms with E-state index < -0.39 is 0 Å². The predicted molar refractivity (Wildman–Crippen MR) is 62.0 cm³/mol. The molecular formula is C12H18N2O2. The predicted octanol–water partition coefficient (Wildman–Crippen LogP) is 2.52. The number of alkyl carbamates (subject to hydrolysis) is 1. The topological polar surface area (TPSA) is 51.2 Å². The molecule has 0 saturated carbocycles. The lowest BCUT2D eigenvalue weighted by atomic mass is 10.2. The average molecular weight is 222 g/mol. The number of aromatic nitrogens is 1. The summed E-state index contributed by atoms with van der Waals surface area (Å²) in [4.78, 5) is 14.6. The maximum atomic E-state index is 10.7. The van der Waals surface area contributed by atoms with E-state index in [-0.39, 0.29) is 12.2 Å². The quantitative estimate of drug-likeness (QED) is 0.794. The maximum Gasteiger partial charge on any atom is 0.407 e. The zero-order chi connectivity index (χ0) is 12.0. The molecule has 4 heteroatoms. The van der Waals surface area contributed by atoms with E-state index in [2.05, 4.69) is 31.1 Å². The van der Waals surface area contributed by atoms with Crippen molar-refractivity contribution in [2.75, 3.05) is 6.54 Å². The van der Waals surface area contributed by atoms with Crippen molar-refractivity contribution in [2.24, 2.45) is 5.92 Å². The van der Waals surface area contributed by atoms with E-state index in [1.165, 1.54) is 0 Å². The van der Waals surface area contributed by atoms with Gasteiger partial charge < -0.3 is 10.1 Å². The lowest BCUT2D eigenvalue weighted by Crippen LogP contribution is -2.12. The van der Waals surface area contributed by atoms with E-state index in [4.69, 9.17) is 4.74 Å². The summed E-state index contributed by atoms with van der Waals surface area (Å²) in [6.45, 7) is 7.03. The van der Waals surface area contributed by atoms with Gasteiger partial charge in [0.15, 0.2) is 0 Å². The highest BCUT2D eigenvalue weighted by Crippen LogP contribution is 2.18. The smallest absolute Gasteiger partial charge is 0.407 e. The van der Waals surface area contributed by atoms with Crippen molar-refractivity contribution in [2.45, 2.75) is 26.9 Å². The van der Waals surface area contributed by atoms with E-state index >= 15 is 0 Å². The normalized spacial score (nSPS) is 18.5. The molecular weight excluding hydrogens is 204 g/mol. The molecule has 0 radical (unpaired) electrons. The maximum absolute atomic E-state index is 10.7. The molecule has 1 aliphatic heterocycles. The van der Waals surface area contributed by atoms with Crippen LogP contribution in [0.2, 0.25) is 0 Å². The molecule has 2 heterocycles. The summed E-state index contributed by atoms with van der Waals surface area (Å²) in [7, 11) is 0. The molecule has 1 fully saturated rings. The van der Waals surface area contributed by atoms with Crippen LogP contribution in [0.3, 0.4) is 0 Å². The van der Waals surface area contributed by atoms with Gasteiger partial charge in [-0.3, -0.25) is 4.98 Å². The van der Waals surface area contributed by atoms with Gasteiger partial charge in [0.05, 0.1) is 6.54 Å². The van der Waals surface area contributed by atoms with Crippen LogP contribution in [-0.2, 0) is 4.74 Å². The minimum absolute atomic E-state index is 0.175. The van der Waals surface area contributed by atoms with Gasteiger partial charge in [0.25, 0.3) is 0 Å². The van der Waals surface area contributed by atoms with Crippen LogP contribution < -0.4 is 5.32 Å². The highest BCUT2D eigenvalue weighted by atomic mass is 16.6. The molecule has 88 valence electrons. The fraction of sp³-hybridized carbons (Fsp3) is 0.500. The molecule has 0 spiro atoms. The summed E-state index contributed by atoms with van der Waals surface area (Å²) in [6.07, 6.45) is 2.86. The fourth-order valence-corrected chi connectivity index (χ4v) is 1.14. The third-order valence-corrected chi connectivity index (χ3v) is 1.74. The largest absolute Gasteiger partial charge is 0.439 e. The van der Waals surface area contributed by atoms with Crippen LogP contribution >= 0.6 is 0 Å². The van der Waals surface area contributed by atoms with Gasteiger partial charge in [-0.25, -0.2) is 4.79 Å². The zero-order valence-corrected chi connectivity index (χ0v) is 9.93. The van der Waals surface area contributed by atoms with Gasteiger partial charge >= 0.3 is 6.09 Å². The van der Waals surface area contributed by atoms with Gasteiger partial charge in [-0.05, 0) is 12.0 Å². The second-order valence-corrected chi connectivity index (χ2v) is 4.29. The van der Waals surface area contributed by atoms with Crippen LogP contribution in [0.1, 0.15) is 32.4 Å². The minimum atomic E-state index is -0.358. The summed E-state index contributed by atoms with van der Waals surface area (Å²) < 4.78 is 4.96. The number of hydrogen-bond acceptors (Lipinski definition) is 3. The molecule has 4 nitrogen and oxygen atoms in total. The van der Waals surface area contributed by atoms with Gasteiger partial charge in [0, 0.05) is 18.0 Å². The molecule has 1 amide bonds. The Balaban J connectivity index is 0.000000280. The molecule has 1 N–H and O–H groups in total. The number of carbonyl (C=O) groups is 1. The summed E-state index contributed by atoms with van der Waals surface area (Å²) in [5, 5.41) is 2.58. The van der Waals surface area contributed by atoms with Crippen molar-refractivity contribution in [1.82, 2.24) is 10.3 Å². The number of rotatable bonds is 1. The molecule has 16 heavy (non-hydrogen) atoms. The lowest BCUT2D eigenvalue weighted by Gasteiger charge is -2.05. The van der Waals surface area contributed by atoms with Crippen molar-refractivity contribution >= 4 is 6.09 Å². The lowest BCUT2D eigenvalue weighted by molar-refractivity contribution is 0.141. The Labute approximate surface area is 96.0 Å². The summed E-state index contributed by atoms with van der Waals surface area (Å²) in [5.74, 6) is 0.833. The first kappa shape index (κ1) is 12.5. The van der Waals surface area contributed by atoms with Crippen LogP contribution in [0.5, 0.6) is 0 Å². The van der Waals surface area contributed by atoms with Crippen molar-refractivity contribution in [1.29, 1.82) is 0 Å². The molecule has 0 aliphatic carbocycles. The molecule has 1 unspecified atom stereocenters.